The summed E-state index contributed by atoms with van der Waals surface area (Å²) in [5.74, 6) is -3.34. The number of hydrogen-bond donors (Lipinski definition) is 1. The second-order valence-corrected chi connectivity index (χ2v) is 5.87. The Hall–Kier alpha value is -2.45. The van der Waals surface area contributed by atoms with Crippen LogP contribution in [-0.4, -0.2) is 33.9 Å². The number of nitrogens with one attached hydrogen (secondary N) is 1. The van der Waals surface area contributed by atoms with Crippen molar-refractivity contribution in [3.63, 3.8) is 0 Å². The molecule has 1 aliphatic heterocycles. The average Bonchev–Trinajstić information content (AvgIpc) is 3.07. The summed E-state index contributed by atoms with van der Waals surface area (Å²) in [5.41, 5.74) is -1.35. The van der Waals surface area contributed by atoms with E-state index in [4.69, 9.17) is 0 Å². The lowest BCUT2D eigenvalue weighted by Crippen LogP contribution is -2.39. The SMILES string of the molecule is O=C(c1cccc(F)c1F)N1CCC[C@H](c2ncc(C(F)(F)F)[nH]2)C1. The van der Waals surface area contributed by atoms with Crippen molar-refractivity contribution in [1.29, 1.82) is 0 Å². The summed E-state index contributed by atoms with van der Waals surface area (Å²) in [6.07, 6.45) is -2.75. The zero-order valence-electron chi connectivity index (χ0n) is 12.9. The van der Waals surface area contributed by atoms with Gasteiger partial charge >= 0.3 is 6.18 Å². The summed E-state index contributed by atoms with van der Waals surface area (Å²) >= 11 is 0. The molecule has 0 bridgehead atoms. The zero-order valence-corrected chi connectivity index (χ0v) is 12.9. The lowest BCUT2D eigenvalue weighted by Gasteiger charge is -2.32. The molecule has 1 fully saturated rings. The number of H-pyrrole nitrogens is 1. The highest BCUT2D eigenvalue weighted by molar-refractivity contribution is 5.94. The molecule has 134 valence electrons. The molecule has 0 unspecified atom stereocenters. The van der Waals surface area contributed by atoms with Crippen LogP contribution in [0, 0.1) is 11.6 Å². The molecule has 0 spiro atoms. The Labute approximate surface area is 139 Å². The van der Waals surface area contributed by atoms with Crippen LogP contribution in [0.25, 0.3) is 0 Å². The third-order valence-corrected chi connectivity index (χ3v) is 4.18. The number of carbonyl (C=O) groups is 1. The lowest BCUT2D eigenvalue weighted by molar-refractivity contribution is -0.141. The molecule has 2 aromatic rings. The lowest BCUT2D eigenvalue weighted by atomic mass is 9.96. The van der Waals surface area contributed by atoms with Crippen LogP contribution >= 0.6 is 0 Å². The molecule has 1 aromatic heterocycles. The molecule has 1 amide bonds. The number of likely N-dealkylation sites (tertiary alicyclic amines) is 1. The predicted octanol–water partition coefficient (Wildman–Crippen LogP) is 3.73. The largest absolute Gasteiger partial charge is 0.432 e. The summed E-state index contributed by atoms with van der Waals surface area (Å²) in [5, 5.41) is 0. The van der Waals surface area contributed by atoms with Gasteiger partial charge in [0.15, 0.2) is 11.6 Å². The number of imidazole rings is 1. The van der Waals surface area contributed by atoms with Crippen LogP contribution in [0.2, 0.25) is 0 Å². The van der Waals surface area contributed by atoms with E-state index in [2.05, 4.69) is 9.97 Å². The Morgan fingerprint density at radius 2 is 2.04 bits per heavy atom. The Morgan fingerprint density at radius 1 is 1.28 bits per heavy atom. The van der Waals surface area contributed by atoms with Crippen molar-refractivity contribution in [3.05, 3.63) is 53.1 Å². The van der Waals surface area contributed by atoms with Crippen molar-refractivity contribution >= 4 is 5.91 Å². The van der Waals surface area contributed by atoms with Crippen LogP contribution in [0.5, 0.6) is 0 Å². The maximum Gasteiger partial charge on any atom is 0.432 e. The predicted molar refractivity (Wildman–Crippen MR) is 77.8 cm³/mol. The van der Waals surface area contributed by atoms with Gasteiger partial charge in [0.25, 0.3) is 5.91 Å². The molecule has 1 aliphatic rings. The number of amides is 1. The van der Waals surface area contributed by atoms with E-state index in [1.54, 1.807) is 0 Å². The molecule has 3 rings (SSSR count). The van der Waals surface area contributed by atoms with Crippen molar-refractivity contribution in [2.45, 2.75) is 24.9 Å². The van der Waals surface area contributed by atoms with Crippen LogP contribution in [-0.2, 0) is 6.18 Å². The van der Waals surface area contributed by atoms with Gasteiger partial charge in [-0.25, -0.2) is 13.8 Å². The smallest absolute Gasteiger partial charge is 0.338 e. The molecule has 4 nitrogen and oxygen atoms in total. The van der Waals surface area contributed by atoms with E-state index < -0.39 is 40.9 Å². The molecule has 1 atom stereocenters. The molecule has 0 saturated carbocycles. The number of rotatable bonds is 2. The first-order chi connectivity index (χ1) is 11.8. The van der Waals surface area contributed by atoms with Crippen LogP contribution < -0.4 is 0 Å². The van der Waals surface area contributed by atoms with Gasteiger partial charge in [0, 0.05) is 19.0 Å². The zero-order chi connectivity index (χ0) is 18.2. The van der Waals surface area contributed by atoms with E-state index in [0.29, 0.717) is 25.6 Å². The molecule has 2 heterocycles. The number of aromatic amines is 1. The number of piperidine rings is 1. The molecule has 1 aromatic carbocycles. The van der Waals surface area contributed by atoms with Crippen LogP contribution in [0.1, 0.15) is 40.6 Å². The summed E-state index contributed by atoms with van der Waals surface area (Å²) in [6.45, 7) is 0.401. The fourth-order valence-corrected chi connectivity index (χ4v) is 2.91. The third kappa shape index (κ3) is 3.49. The standard InChI is InChI=1S/C16H14F5N3O/c17-11-5-1-4-10(13(11)18)15(25)24-6-2-3-9(8-24)14-22-7-12(23-14)16(19,20)21/h1,4-5,7,9H,2-3,6,8H2,(H,22,23)/t9-/m0/s1. The van der Waals surface area contributed by atoms with Crippen LogP contribution in [0.15, 0.2) is 24.4 Å². The number of aromatic nitrogens is 2. The van der Waals surface area contributed by atoms with Crippen molar-refractivity contribution in [2.24, 2.45) is 0 Å². The molecule has 25 heavy (non-hydrogen) atoms. The number of carbonyl (C=O) groups excluding carboxylic acids is 1. The number of alkyl halides is 3. The number of benzene rings is 1. The topological polar surface area (TPSA) is 49.0 Å². The van der Waals surface area contributed by atoms with E-state index in [0.717, 1.165) is 6.07 Å². The highest BCUT2D eigenvalue weighted by Gasteiger charge is 2.35. The van der Waals surface area contributed by atoms with Crippen LogP contribution in [0.3, 0.4) is 0 Å². The quantitative estimate of drug-likeness (QED) is 0.831. The second kappa shape index (κ2) is 6.45. The van der Waals surface area contributed by atoms with Gasteiger partial charge in [0.2, 0.25) is 0 Å². The van der Waals surface area contributed by atoms with Gasteiger partial charge in [-0.1, -0.05) is 6.07 Å². The number of hydrogen-bond acceptors (Lipinski definition) is 2. The summed E-state index contributed by atoms with van der Waals surface area (Å²) < 4.78 is 65.1. The minimum atomic E-state index is -4.53. The Balaban J connectivity index is 1.78. The Bertz CT molecular complexity index is 786. The molecule has 0 radical (unpaired) electrons. The van der Waals surface area contributed by atoms with Gasteiger partial charge in [-0.2, -0.15) is 13.2 Å². The molecular formula is C16H14F5N3O. The molecule has 1 saturated heterocycles. The summed E-state index contributed by atoms with van der Waals surface area (Å²) in [7, 11) is 0. The van der Waals surface area contributed by atoms with Crippen molar-refractivity contribution in [1.82, 2.24) is 14.9 Å². The maximum atomic E-state index is 13.8. The Morgan fingerprint density at radius 3 is 2.72 bits per heavy atom. The van der Waals surface area contributed by atoms with Gasteiger partial charge in [-0.15, -0.1) is 0 Å². The molecular weight excluding hydrogens is 345 g/mol. The monoisotopic (exact) mass is 359 g/mol. The van der Waals surface area contributed by atoms with E-state index in [9.17, 15) is 26.7 Å². The van der Waals surface area contributed by atoms with E-state index in [-0.39, 0.29) is 12.4 Å². The van der Waals surface area contributed by atoms with Gasteiger partial charge in [-0.3, -0.25) is 4.79 Å². The maximum absolute atomic E-state index is 13.8. The van der Waals surface area contributed by atoms with Crippen LogP contribution in [0.4, 0.5) is 22.0 Å². The molecule has 1 N–H and O–H groups in total. The molecule has 0 aliphatic carbocycles. The van der Waals surface area contributed by atoms with Gasteiger partial charge < -0.3 is 9.88 Å². The fourth-order valence-electron chi connectivity index (χ4n) is 2.91. The second-order valence-electron chi connectivity index (χ2n) is 5.87. The van der Waals surface area contributed by atoms with E-state index in [1.807, 2.05) is 0 Å². The average molecular weight is 359 g/mol. The minimum absolute atomic E-state index is 0.0829. The fraction of sp³-hybridized carbons (Fsp3) is 0.375. The first-order valence-electron chi connectivity index (χ1n) is 7.62. The van der Waals surface area contributed by atoms with Gasteiger partial charge in [-0.05, 0) is 25.0 Å². The van der Waals surface area contributed by atoms with Gasteiger partial charge in [0.05, 0.1) is 11.8 Å². The number of nitrogens with zero attached hydrogens (tertiary/aromatic N) is 2. The summed E-state index contributed by atoms with van der Waals surface area (Å²) in [4.78, 5) is 19.7. The normalized spacial score (nSPS) is 18.4. The summed E-state index contributed by atoms with van der Waals surface area (Å²) in [6, 6.07) is 3.32. The van der Waals surface area contributed by atoms with E-state index >= 15 is 0 Å². The third-order valence-electron chi connectivity index (χ3n) is 4.18. The Kier molecular flexibility index (Phi) is 4.49. The first-order valence-corrected chi connectivity index (χ1v) is 7.62. The minimum Gasteiger partial charge on any atom is -0.338 e. The van der Waals surface area contributed by atoms with Crippen molar-refractivity contribution in [2.75, 3.05) is 13.1 Å². The number of halogens is 5. The molecule has 9 heteroatoms. The highest BCUT2D eigenvalue weighted by Crippen LogP contribution is 2.31. The van der Waals surface area contributed by atoms with Crippen molar-refractivity contribution < 1.29 is 26.7 Å². The highest BCUT2D eigenvalue weighted by atomic mass is 19.4. The van der Waals surface area contributed by atoms with Gasteiger partial charge in [0.1, 0.15) is 11.5 Å². The van der Waals surface area contributed by atoms with Crippen molar-refractivity contribution in [3.8, 4) is 0 Å². The first kappa shape index (κ1) is 17.4. The van der Waals surface area contributed by atoms with E-state index in [1.165, 1.54) is 17.0 Å².